The highest BCUT2D eigenvalue weighted by molar-refractivity contribution is 5.77. The van der Waals surface area contributed by atoms with Crippen LogP contribution in [0.1, 0.15) is 28.4 Å². The molecule has 3 rings (SSSR count). The van der Waals surface area contributed by atoms with Crippen LogP contribution in [0.2, 0.25) is 0 Å². The molecule has 0 N–H and O–H groups in total. The highest BCUT2D eigenvalue weighted by atomic mass is 19.4. The average molecular weight is 435 g/mol. The second-order valence-electron chi connectivity index (χ2n) is 6.76. The lowest BCUT2D eigenvalue weighted by atomic mass is 10.1. The van der Waals surface area contributed by atoms with Gasteiger partial charge in [-0.25, -0.2) is 0 Å². The van der Waals surface area contributed by atoms with Gasteiger partial charge in [0.05, 0.1) is 28.7 Å². The number of benzene rings is 2. The van der Waals surface area contributed by atoms with E-state index in [0.29, 0.717) is 6.29 Å². The number of halogens is 3. The summed E-state index contributed by atoms with van der Waals surface area (Å²) < 4.78 is 50.9. The van der Waals surface area contributed by atoms with E-state index >= 15 is 0 Å². The van der Waals surface area contributed by atoms with Crippen LogP contribution in [0, 0.1) is 21.4 Å². The van der Waals surface area contributed by atoms with Crippen molar-refractivity contribution in [2.75, 3.05) is 18.1 Å². The first-order valence-electron chi connectivity index (χ1n) is 9.04. The molecular formula is C20H16F3N3O5. The smallest absolute Gasteiger partial charge is 0.417 e. The molecule has 0 aromatic heterocycles. The molecule has 0 saturated carbocycles. The number of ether oxygens (including phenoxy) is 2. The number of aldehydes is 1. The first kappa shape index (κ1) is 22.0. The zero-order valence-electron chi connectivity index (χ0n) is 16.1. The molecule has 31 heavy (non-hydrogen) atoms. The Kier molecular flexibility index (Phi) is 6.12. The molecule has 162 valence electrons. The summed E-state index contributed by atoms with van der Waals surface area (Å²) in [6.07, 6.45) is -5.37. The molecule has 1 fully saturated rings. The number of carbonyl (C=O) groups excluding carboxylic acids is 1. The maximum absolute atomic E-state index is 13.2. The summed E-state index contributed by atoms with van der Waals surface area (Å²) in [6, 6.07) is 8.69. The first-order chi connectivity index (χ1) is 14.6. The third kappa shape index (κ3) is 4.75. The van der Waals surface area contributed by atoms with Crippen molar-refractivity contribution in [3.05, 3.63) is 63.2 Å². The molecule has 0 radical (unpaired) electrons. The summed E-state index contributed by atoms with van der Waals surface area (Å²) in [5.74, 6) is -0.0527. The van der Waals surface area contributed by atoms with Crippen LogP contribution in [0.5, 0.6) is 5.75 Å². The lowest BCUT2D eigenvalue weighted by Gasteiger charge is -2.23. The topological polar surface area (TPSA) is 106 Å². The highest BCUT2D eigenvalue weighted by Crippen LogP contribution is 2.36. The van der Waals surface area contributed by atoms with Crippen LogP contribution in [0.15, 0.2) is 36.4 Å². The third-order valence-electron chi connectivity index (χ3n) is 4.73. The van der Waals surface area contributed by atoms with Crippen LogP contribution in [0.3, 0.4) is 0 Å². The predicted molar refractivity (Wildman–Crippen MR) is 102 cm³/mol. The molecule has 2 atom stereocenters. The zero-order valence-corrected chi connectivity index (χ0v) is 16.1. The molecule has 1 saturated heterocycles. The minimum atomic E-state index is -4.68. The van der Waals surface area contributed by atoms with Crippen molar-refractivity contribution < 1.29 is 32.4 Å². The van der Waals surface area contributed by atoms with Crippen molar-refractivity contribution in [2.24, 2.45) is 0 Å². The van der Waals surface area contributed by atoms with Gasteiger partial charge in [0.15, 0.2) is 5.75 Å². The number of hydrogen-bond donors (Lipinski definition) is 0. The van der Waals surface area contributed by atoms with E-state index in [1.807, 2.05) is 0 Å². The van der Waals surface area contributed by atoms with Gasteiger partial charge in [-0.15, -0.1) is 0 Å². The number of hydrogen-bond acceptors (Lipinski definition) is 7. The maximum Gasteiger partial charge on any atom is 0.417 e. The Morgan fingerprint density at radius 3 is 2.71 bits per heavy atom. The molecule has 2 aromatic carbocycles. The highest BCUT2D eigenvalue weighted by Gasteiger charge is 2.36. The van der Waals surface area contributed by atoms with Gasteiger partial charge in [-0.1, -0.05) is 0 Å². The molecule has 1 aliphatic rings. The van der Waals surface area contributed by atoms with E-state index in [2.05, 4.69) is 0 Å². The molecule has 0 amide bonds. The SMILES string of the molecule is C[C@H]1O[C@H](COc2ccc(C=O)cc2[N+](=O)[O-])CN1c1ccc(C#N)c(C(F)(F)F)c1. The van der Waals surface area contributed by atoms with Gasteiger partial charge in [0.25, 0.3) is 0 Å². The van der Waals surface area contributed by atoms with E-state index in [9.17, 15) is 28.1 Å². The van der Waals surface area contributed by atoms with E-state index < -0.39 is 34.6 Å². The van der Waals surface area contributed by atoms with Crippen LogP contribution in [-0.2, 0) is 10.9 Å². The fourth-order valence-corrected chi connectivity index (χ4v) is 3.27. The predicted octanol–water partition coefficient (Wildman–Crippen LogP) is 3.93. The summed E-state index contributed by atoms with van der Waals surface area (Å²) in [4.78, 5) is 22.9. The molecule has 0 unspecified atom stereocenters. The lowest BCUT2D eigenvalue weighted by molar-refractivity contribution is -0.385. The number of alkyl halides is 3. The van der Waals surface area contributed by atoms with Crippen molar-refractivity contribution in [1.82, 2.24) is 0 Å². The molecule has 1 aliphatic heterocycles. The van der Waals surface area contributed by atoms with Crippen LogP contribution in [0.4, 0.5) is 24.5 Å². The van der Waals surface area contributed by atoms with E-state index in [4.69, 9.17) is 14.7 Å². The van der Waals surface area contributed by atoms with Gasteiger partial charge in [-0.2, -0.15) is 18.4 Å². The number of nitro benzene ring substituents is 1. The van der Waals surface area contributed by atoms with Crippen molar-refractivity contribution in [3.63, 3.8) is 0 Å². The number of carbonyl (C=O) groups is 1. The van der Waals surface area contributed by atoms with E-state index in [1.54, 1.807) is 11.8 Å². The van der Waals surface area contributed by atoms with Gasteiger partial charge in [-0.3, -0.25) is 14.9 Å². The van der Waals surface area contributed by atoms with Crippen molar-refractivity contribution in [1.29, 1.82) is 5.26 Å². The Balaban J connectivity index is 1.75. The normalized spacial score (nSPS) is 18.5. The van der Waals surface area contributed by atoms with Crippen LogP contribution >= 0.6 is 0 Å². The largest absolute Gasteiger partial charge is 0.484 e. The number of nitrogens with zero attached hydrogens (tertiary/aromatic N) is 3. The van der Waals surface area contributed by atoms with Gasteiger partial charge in [0.2, 0.25) is 0 Å². The molecule has 11 heteroatoms. The summed E-state index contributed by atoms with van der Waals surface area (Å²) in [5.41, 5.74) is -1.55. The Morgan fingerprint density at radius 2 is 2.10 bits per heavy atom. The Hall–Kier alpha value is -3.65. The quantitative estimate of drug-likeness (QED) is 0.385. The van der Waals surface area contributed by atoms with Crippen LogP contribution < -0.4 is 9.64 Å². The standard InChI is InChI=1S/C20H16F3N3O5/c1-12-25(15-4-3-14(8-24)17(7-15)20(21,22)23)9-16(31-12)11-30-19-5-2-13(10-27)6-18(19)26(28)29/h2-7,10,12,16H,9,11H2,1H3/t12-,16+/m1/s1. The second kappa shape index (κ2) is 8.61. The third-order valence-corrected chi connectivity index (χ3v) is 4.73. The van der Waals surface area contributed by atoms with Gasteiger partial charge in [0, 0.05) is 17.3 Å². The first-order valence-corrected chi connectivity index (χ1v) is 9.04. The minimum Gasteiger partial charge on any atom is -0.484 e. The fraction of sp³-hybridized carbons (Fsp3) is 0.300. The number of nitriles is 1. The molecule has 0 bridgehead atoms. The molecule has 0 spiro atoms. The lowest BCUT2D eigenvalue weighted by Crippen LogP contribution is -2.29. The molecule has 1 heterocycles. The van der Waals surface area contributed by atoms with Crippen molar-refractivity contribution >= 4 is 17.7 Å². The summed E-state index contributed by atoms with van der Waals surface area (Å²) in [5, 5.41) is 20.1. The van der Waals surface area contributed by atoms with Gasteiger partial charge >= 0.3 is 11.9 Å². The number of rotatable bonds is 6. The average Bonchev–Trinajstić information content (AvgIpc) is 3.11. The fourth-order valence-electron chi connectivity index (χ4n) is 3.27. The van der Waals surface area contributed by atoms with Gasteiger partial charge in [-0.05, 0) is 37.3 Å². The monoisotopic (exact) mass is 435 g/mol. The summed E-state index contributed by atoms with van der Waals surface area (Å²) >= 11 is 0. The maximum atomic E-state index is 13.2. The van der Waals surface area contributed by atoms with Crippen molar-refractivity contribution in [3.8, 4) is 11.8 Å². The van der Waals surface area contributed by atoms with Crippen LogP contribution in [0.25, 0.3) is 0 Å². The van der Waals surface area contributed by atoms with E-state index in [0.717, 1.165) is 18.2 Å². The summed E-state index contributed by atoms with van der Waals surface area (Å²) in [6.45, 7) is 1.72. The number of anilines is 1. The Morgan fingerprint density at radius 1 is 1.35 bits per heavy atom. The number of nitro groups is 1. The Bertz CT molecular complexity index is 1050. The van der Waals surface area contributed by atoms with Crippen molar-refractivity contribution in [2.45, 2.75) is 25.4 Å². The molecule has 0 aliphatic carbocycles. The molecular weight excluding hydrogens is 419 g/mol. The minimum absolute atomic E-state index is 0.0527. The molecule has 8 nitrogen and oxygen atoms in total. The second-order valence-corrected chi connectivity index (χ2v) is 6.76. The van der Waals surface area contributed by atoms with Crippen LogP contribution in [-0.4, -0.2) is 36.7 Å². The zero-order chi connectivity index (χ0) is 22.8. The van der Waals surface area contributed by atoms with E-state index in [1.165, 1.54) is 24.3 Å². The summed E-state index contributed by atoms with van der Waals surface area (Å²) in [7, 11) is 0. The Labute approximate surface area is 174 Å². The van der Waals surface area contributed by atoms with E-state index in [-0.39, 0.29) is 35.8 Å². The molecule has 2 aromatic rings. The van der Waals surface area contributed by atoms with Gasteiger partial charge in [0.1, 0.15) is 25.2 Å². The van der Waals surface area contributed by atoms with Gasteiger partial charge < -0.3 is 14.4 Å².